The van der Waals surface area contributed by atoms with Crippen LogP contribution < -0.4 is 14.5 Å². The van der Waals surface area contributed by atoms with Gasteiger partial charge in [-0.3, -0.25) is 4.98 Å². The van der Waals surface area contributed by atoms with Crippen LogP contribution in [0.2, 0.25) is 5.02 Å². The lowest BCUT2D eigenvalue weighted by Crippen LogP contribution is -2.47. The molecule has 1 aliphatic rings. The Bertz CT molecular complexity index is 836. The van der Waals surface area contributed by atoms with E-state index in [-0.39, 0.29) is 4.90 Å². The summed E-state index contributed by atoms with van der Waals surface area (Å²) in [4.78, 5) is 8.56. The molecule has 134 valence electrons. The highest BCUT2D eigenvalue weighted by Crippen LogP contribution is 2.27. The van der Waals surface area contributed by atoms with Crippen LogP contribution in [0.4, 0.5) is 11.4 Å². The van der Waals surface area contributed by atoms with E-state index in [1.54, 1.807) is 19.2 Å². The summed E-state index contributed by atoms with van der Waals surface area (Å²) in [5, 5.41) is 0.716. The predicted molar refractivity (Wildman–Crippen MR) is 101 cm³/mol. The van der Waals surface area contributed by atoms with Gasteiger partial charge in [0, 0.05) is 55.8 Å². The summed E-state index contributed by atoms with van der Waals surface area (Å²) in [6.45, 7) is 5.15. The van der Waals surface area contributed by atoms with Crippen LogP contribution in [0.3, 0.4) is 0 Å². The topological polar surface area (TPSA) is 65.5 Å². The van der Waals surface area contributed by atoms with Gasteiger partial charge in [0.1, 0.15) is 4.90 Å². The number of nitrogens with one attached hydrogen (secondary N) is 1. The van der Waals surface area contributed by atoms with Crippen molar-refractivity contribution in [2.24, 2.45) is 0 Å². The van der Waals surface area contributed by atoms with E-state index >= 15 is 0 Å². The summed E-state index contributed by atoms with van der Waals surface area (Å²) in [6, 6.07) is 9.54. The molecule has 1 aliphatic heterocycles. The predicted octanol–water partition coefficient (Wildman–Crippen LogP) is 2.36. The Hall–Kier alpha value is -1.83. The molecular formula is C17H21ClN4O2S. The Labute approximate surface area is 153 Å². The lowest BCUT2D eigenvalue weighted by Gasteiger charge is -2.38. The van der Waals surface area contributed by atoms with Gasteiger partial charge in [-0.25, -0.2) is 13.1 Å². The normalized spacial score (nSPS) is 15.4. The fraction of sp³-hybridized carbons (Fsp3) is 0.353. The van der Waals surface area contributed by atoms with Crippen LogP contribution in [0.15, 0.2) is 47.6 Å². The average molecular weight is 381 g/mol. The van der Waals surface area contributed by atoms with Crippen molar-refractivity contribution >= 4 is 33.0 Å². The Morgan fingerprint density at radius 2 is 1.88 bits per heavy atom. The van der Waals surface area contributed by atoms with Crippen molar-refractivity contribution in [3.05, 3.63) is 47.7 Å². The minimum absolute atomic E-state index is 0.230. The number of sulfonamides is 1. The molecule has 1 aromatic carbocycles. The number of benzene rings is 1. The molecule has 1 saturated heterocycles. The minimum Gasteiger partial charge on any atom is -0.368 e. The van der Waals surface area contributed by atoms with Gasteiger partial charge in [0.2, 0.25) is 10.0 Å². The largest absolute Gasteiger partial charge is 0.368 e. The van der Waals surface area contributed by atoms with E-state index in [4.69, 9.17) is 11.6 Å². The van der Waals surface area contributed by atoms with Gasteiger partial charge in [-0.05, 0) is 24.3 Å². The highest BCUT2D eigenvalue weighted by atomic mass is 35.5. The fourth-order valence-electron chi connectivity index (χ4n) is 2.99. The summed E-state index contributed by atoms with van der Waals surface area (Å²) in [6.07, 6.45) is 3.04. The highest BCUT2D eigenvalue weighted by Gasteiger charge is 2.24. The number of pyridine rings is 1. The first kappa shape index (κ1) is 18.0. The molecule has 0 bridgehead atoms. The second kappa shape index (κ2) is 7.59. The smallest absolute Gasteiger partial charge is 0.244 e. The van der Waals surface area contributed by atoms with Crippen molar-refractivity contribution < 1.29 is 8.42 Å². The summed E-state index contributed by atoms with van der Waals surface area (Å²) in [7, 11) is -3.55. The van der Waals surface area contributed by atoms with Gasteiger partial charge >= 0.3 is 0 Å². The number of nitrogens with zero attached hydrogens (tertiary/aromatic N) is 3. The van der Waals surface area contributed by atoms with Crippen LogP contribution >= 0.6 is 11.6 Å². The molecule has 1 aromatic heterocycles. The molecule has 0 amide bonds. The van der Waals surface area contributed by atoms with Crippen LogP contribution in [-0.4, -0.2) is 46.1 Å². The molecule has 0 atom stereocenters. The zero-order valence-corrected chi connectivity index (χ0v) is 15.6. The summed E-state index contributed by atoms with van der Waals surface area (Å²) < 4.78 is 27.4. The van der Waals surface area contributed by atoms with Gasteiger partial charge < -0.3 is 9.80 Å². The fourth-order valence-corrected chi connectivity index (χ4v) is 4.38. The van der Waals surface area contributed by atoms with Crippen LogP contribution in [0.5, 0.6) is 0 Å². The first-order chi connectivity index (χ1) is 12.0. The Morgan fingerprint density at radius 3 is 2.56 bits per heavy atom. The van der Waals surface area contributed by atoms with E-state index in [1.807, 2.05) is 24.3 Å². The van der Waals surface area contributed by atoms with Crippen molar-refractivity contribution in [2.45, 2.75) is 11.8 Å². The van der Waals surface area contributed by atoms with E-state index < -0.39 is 10.0 Å². The Balaban J connectivity index is 1.78. The number of halogens is 1. The third-order valence-corrected chi connectivity index (χ3v) is 5.98. The van der Waals surface area contributed by atoms with Crippen LogP contribution in [0.25, 0.3) is 0 Å². The first-order valence-electron chi connectivity index (χ1n) is 8.20. The van der Waals surface area contributed by atoms with E-state index in [0.29, 0.717) is 17.3 Å². The molecule has 3 rings (SSSR count). The lowest BCUT2D eigenvalue weighted by atomic mass is 10.2. The van der Waals surface area contributed by atoms with E-state index in [2.05, 4.69) is 19.5 Å². The molecule has 2 aromatic rings. The number of anilines is 2. The van der Waals surface area contributed by atoms with Crippen molar-refractivity contribution in [1.29, 1.82) is 0 Å². The SMILES string of the molecule is CCNS(=O)(=O)c1cnccc1N1CCN(c2cccc(Cl)c2)CC1. The van der Waals surface area contributed by atoms with Gasteiger partial charge in [-0.2, -0.15) is 0 Å². The van der Waals surface area contributed by atoms with Crippen LogP contribution in [0.1, 0.15) is 6.92 Å². The molecule has 0 aliphatic carbocycles. The molecule has 8 heteroatoms. The third-order valence-electron chi connectivity index (χ3n) is 4.18. The molecule has 2 heterocycles. The molecule has 6 nitrogen and oxygen atoms in total. The number of piperazine rings is 1. The van der Waals surface area contributed by atoms with Gasteiger partial charge in [-0.15, -0.1) is 0 Å². The number of aromatic nitrogens is 1. The Morgan fingerprint density at radius 1 is 1.16 bits per heavy atom. The maximum atomic E-state index is 12.4. The number of hydrogen-bond donors (Lipinski definition) is 1. The van der Waals surface area contributed by atoms with E-state index in [0.717, 1.165) is 31.9 Å². The van der Waals surface area contributed by atoms with E-state index in [9.17, 15) is 8.42 Å². The van der Waals surface area contributed by atoms with Crippen LogP contribution in [-0.2, 0) is 10.0 Å². The summed E-state index contributed by atoms with van der Waals surface area (Å²) in [5.74, 6) is 0. The summed E-state index contributed by atoms with van der Waals surface area (Å²) in [5.41, 5.74) is 1.78. The second-order valence-corrected chi connectivity index (χ2v) is 7.97. The van der Waals surface area contributed by atoms with Gasteiger partial charge in [-0.1, -0.05) is 24.6 Å². The van der Waals surface area contributed by atoms with Crippen molar-refractivity contribution in [3.63, 3.8) is 0 Å². The quantitative estimate of drug-likeness (QED) is 0.862. The van der Waals surface area contributed by atoms with Crippen molar-refractivity contribution in [2.75, 3.05) is 42.5 Å². The maximum Gasteiger partial charge on any atom is 0.244 e. The minimum atomic E-state index is -3.55. The Kier molecular flexibility index (Phi) is 5.46. The zero-order chi connectivity index (χ0) is 17.9. The molecule has 0 unspecified atom stereocenters. The number of hydrogen-bond acceptors (Lipinski definition) is 5. The molecule has 0 radical (unpaired) electrons. The molecule has 0 spiro atoms. The van der Waals surface area contributed by atoms with Gasteiger partial charge in [0.05, 0.1) is 5.69 Å². The average Bonchev–Trinajstić information content (AvgIpc) is 2.62. The monoisotopic (exact) mass is 380 g/mol. The molecule has 1 N–H and O–H groups in total. The first-order valence-corrected chi connectivity index (χ1v) is 10.1. The zero-order valence-electron chi connectivity index (χ0n) is 14.0. The maximum absolute atomic E-state index is 12.4. The molecule has 0 saturated carbocycles. The lowest BCUT2D eigenvalue weighted by molar-refractivity contribution is 0.581. The highest BCUT2D eigenvalue weighted by molar-refractivity contribution is 7.89. The number of rotatable bonds is 5. The van der Waals surface area contributed by atoms with Gasteiger partial charge in [0.25, 0.3) is 0 Å². The van der Waals surface area contributed by atoms with Gasteiger partial charge in [0.15, 0.2) is 0 Å². The molecule has 25 heavy (non-hydrogen) atoms. The van der Waals surface area contributed by atoms with E-state index in [1.165, 1.54) is 6.20 Å². The second-order valence-electron chi connectivity index (χ2n) is 5.80. The standard InChI is InChI=1S/C17H21ClN4O2S/c1-2-20-25(23,24)17-13-19-7-6-16(17)22-10-8-21(9-11-22)15-5-3-4-14(18)12-15/h3-7,12-13,20H,2,8-11H2,1H3. The summed E-state index contributed by atoms with van der Waals surface area (Å²) >= 11 is 6.07. The van der Waals surface area contributed by atoms with Crippen molar-refractivity contribution in [3.8, 4) is 0 Å². The van der Waals surface area contributed by atoms with Crippen molar-refractivity contribution in [1.82, 2.24) is 9.71 Å². The third kappa shape index (κ3) is 4.05. The molecular weight excluding hydrogens is 360 g/mol. The molecule has 1 fully saturated rings. The van der Waals surface area contributed by atoms with Crippen LogP contribution in [0, 0.1) is 0 Å².